The summed E-state index contributed by atoms with van der Waals surface area (Å²) >= 11 is 5.16. The fourth-order valence-corrected chi connectivity index (χ4v) is 3.41. The highest BCUT2D eigenvalue weighted by molar-refractivity contribution is 9.10. The molecule has 0 radical (unpaired) electrons. The monoisotopic (exact) mass is 369 g/mol. The lowest BCUT2D eigenvalue weighted by atomic mass is 10.3. The Bertz CT molecular complexity index is 645. The van der Waals surface area contributed by atoms with Crippen LogP contribution in [0.2, 0.25) is 0 Å². The average molecular weight is 370 g/mol. The lowest BCUT2D eigenvalue weighted by Crippen LogP contribution is -2.16. The molecule has 1 unspecified atom stereocenters. The molecule has 1 amide bonds. The maximum Gasteiger partial charge on any atom is 0.234 e. The van der Waals surface area contributed by atoms with E-state index in [0.29, 0.717) is 18.2 Å². The third kappa shape index (κ3) is 4.21. The van der Waals surface area contributed by atoms with Crippen molar-refractivity contribution >= 4 is 45.1 Å². The number of hydrogen-bond donors (Lipinski definition) is 2. The molecule has 6 nitrogen and oxygen atoms in total. The van der Waals surface area contributed by atoms with Crippen LogP contribution in [0.4, 0.5) is 11.9 Å². The third-order valence-electron chi connectivity index (χ3n) is 2.70. The van der Waals surface area contributed by atoms with Crippen molar-refractivity contribution in [1.82, 2.24) is 15.0 Å². The largest absolute Gasteiger partial charge is 0.347 e. The first-order chi connectivity index (χ1) is 9.99. The zero-order valence-electron chi connectivity index (χ0n) is 12.0. The smallest absolute Gasteiger partial charge is 0.234 e. The third-order valence-corrected chi connectivity index (χ3v) is 4.76. The summed E-state index contributed by atoms with van der Waals surface area (Å²) in [5, 5.41) is 7.89. The average Bonchev–Trinajstić information content (AvgIpc) is 2.84. The zero-order chi connectivity index (χ0) is 15.4. The second kappa shape index (κ2) is 6.95. The SMILES string of the molecule is CCC(=O)Nc1nc(C)nc(NC(C)c2sccc2Br)n1. The van der Waals surface area contributed by atoms with Gasteiger partial charge < -0.3 is 5.32 Å². The van der Waals surface area contributed by atoms with Crippen molar-refractivity contribution in [3.05, 3.63) is 26.6 Å². The van der Waals surface area contributed by atoms with E-state index in [2.05, 4.69) is 41.5 Å². The van der Waals surface area contributed by atoms with E-state index in [-0.39, 0.29) is 17.9 Å². The molecule has 0 spiro atoms. The number of rotatable bonds is 5. The maximum absolute atomic E-state index is 11.4. The molecule has 0 aliphatic heterocycles. The molecule has 0 fully saturated rings. The number of nitrogens with zero attached hydrogens (tertiary/aromatic N) is 3. The fourth-order valence-electron chi connectivity index (χ4n) is 1.69. The number of aromatic nitrogens is 3. The molecule has 112 valence electrons. The maximum atomic E-state index is 11.4. The summed E-state index contributed by atoms with van der Waals surface area (Å²) in [5.74, 6) is 1.15. The van der Waals surface area contributed by atoms with Crippen molar-refractivity contribution in [2.24, 2.45) is 0 Å². The molecule has 2 N–H and O–H groups in total. The van der Waals surface area contributed by atoms with Crippen LogP contribution < -0.4 is 10.6 Å². The Kier molecular flexibility index (Phi) is 5.24. The van der Waals surface area contributed by atoms with Crippen LogP contribution in [-0.2, 0) is 4.79 Å². The van der Waals surface area contributed by atoms with Gasteiger partial charge in [0.25, 0.3) is 0 Å². The Hall–Kier alpha value is -1.54. The van der Waals surface area contributed by atoms with Gasteiger partial charge in [-0.05, 0) is 41.2 Å². The van der Waals surface area contributed by atoms with Crippen LogP contribution in [0.25, 0.3) is 0 Å². The van der Waals surface area contributed by atoms with E-state index in [1.165, 1.54) is 0 Å². The molecule has 2 rings (SSSR count). The van der Waals surface area contributed by atoms with Gasteiger partial charge in [0.2, 0.25) is 17.8 Å². The highest BCUT2D eigenvalue weighted by Gasteiger charge is 2.13. The number of carbonyl (C=O) groups excluding carboxylic acids is 1. The van der Waals surface area contributed by atoms with Gasteiger partial charge in [0.05, 0.1) is 6.04 Å². The molecule has 1 atom stereocenters. The van der Waals surface area contributed by atoms with Crippen LogP contribution in [0, 0.1) is 6.92 Å². The highest BCUT2D eigenvalue weighted by atomic mass is 79.9. The van der Waals surface area contributed by atoms with Gasteiger partial charge in [-0.2, -0.15) is 15.0 Å². The van der Waals surface area contributed by atoms with Gasteiger partial charge in [-0.3, -0.25) is 10.1 Å². The number of amides is 1. The number of aryl methyl sites for hydroxylation is 1. The molecule has 0 saturated carbocycles. The predicted octanol–water partition coefficient (Wildman–Crippen LogP) is 3.53. The highest BCUT2D eigenvalue weighted by Crippen LogP contribution is 2.30. The number of anilines is 2. The van der Waals surface area contributed by atoms with Crippen molar-refractivity contribution in [3.63, 3.8) is 0 Å². The summed E-state index contributed by atoms with van der Waals surface area (Å²) in [4.78, 5) is 25.2. The van der Waals surface area contributed by atoms with Crippen LogP contribution >= 0.6 is 27.3 Å². The number of nitrogens with one attached hydrogen (secondary N) is 2. The molecular weight excluding hydrogens is 354 g/mol. The fraction of sp³-hybridized carbons (Fsp3) is 0.385. The van der Waals surface area contributed by atoms with E-state index >= 15 is 0 Å². The van der Waals surface area contributed by atoms with Gasteiger partial charge in [-0.15, -0.1) is 11.3 Å². The first kappa shape index (κ1) is 15.8. The van der Waals surface area contributed by atoms with Crippen molar-refractivity contribution in [3.8, 4) is 0 Å². The lowest BCUT2D eigenvalue weighted by molar-refractivity contribution is -0.115. The minimum Gasteiger partial charge on any atom is -0.347 e. The van der Waals surface area contributed by atoms with Crippen LogP contribution in [-0.4, -0.2) is 20.9 Å². The molecular formula is C13H16BrN5OS. The molecule has 0 bridgehead atoms. The molecule has 0 aliphatic carbocycles. The van der Waals surface area contributed by atoms with Crippen molar-refractivity contribution < 1.29 is 4.79 Å². The Morgan fingerprint density at radius 1 is 1.38 bits per heavy atom. The molecule has 0 aromatic carbocycles. The normalized spacial score (nSPS) is 12.0. The first-order valence-corrected chi connectivity index (χ1v) is 8.18. The van der Waals surface area contributed by atoms with Gasteiger partial charge in [-0.1, -0.05) is 6.92 Å². The number of thiophene rings is 1. The summed E-state index contributed by atoms with van der Waals surface area (Å²) in [5.41, 5.74) is 0. The lowest BCUT2D eigenvalue weighted by Gasteiger charge is -2.14. The summed E-state index contributed by atoms with van der Waals surface area (Å²) in [6.45, 7) is 5.57. The number of hydrogen-bond acceptors (Lipinski definition) is 6. The van der Waals surface area contributed by atoms with E-state index in [1.807, 2.05) is 18.4 Å². The number of halogens is 1. The van der Waals surface area contributed by atoms with E-state index in [1.54, 1.807) is 25.2 Å². The summed E-state index contributed by atoms with van der Waals surface area (Å²) < 4.78 is 1.05. The molecule has 8 heteroatoms. The van der Waals surface area contributed by atoms with E-state index in [4.69, 9.17) is 0 Å². The van der Waals surface area contributed by atoms with Gasteiger partial charge in [0.15, 0.2) is 0 Å². The first-order valence-electron chi connectivity index (χ1n) is 6.51. The minimum atomic E-state index is -0.124. The Morgan fingerprint density at radius 2 is 2.10 bits per heavy atom. The Morgan fingerprint density at radius 3 is 2.71 bits per heavy atom. The second-order valence-electron chi connectivity index (χ2n) is 4.43. The predicted molar refractivity (Wildman–Crippen MR) is 87.5 cm³/mol. The van der Waals surface area contributed by atoms with Gasteiger partial charge in [0, 0.05) is 15.8 Å². The van der Waals surface area contributed by atoms with Gasteiger partial charge >= 0.3 is 0 Å². The summed E-state index contributed by atoms with van der Waals surface area (Å²) in [7, 11) is 0. The van der Waals surface area contributed by atoms with E-state index in [0.717, 1.165) is 9.35 Å². The van der Waals surface area contributed by atoms with E-state index in [9.17, 15) is 4.79 Å². The van der Waals surface area contributed by atoms with Crippen LogP contribution in [0.5, 0.6) is 0 Å². The molecule has 0 saturated heterocycles. The standard InChI is InChI=1S/C13H16BrN5OS/c1-4-10(20)18-13-17-8(3)16-12(19-13)15-7(2)11-9(14)5-6-21-11/h5-7H,4H2,1-3H3,(H2,15,16,17,18,19,20). The summed E-state index contributed by atoms with van der Waals surface area (Å²) in [6, 6.07) is 2.06. The second-order valence-corrected chi connectivity index (χ2v) is 6.23. The van der Waals surface area contributed by atoms with Gasteiger partial charge in [0.1, 0.15) is 5.82 Å². The van der Waals surface area contributed by atoms with Crippen LogP contribution in [0.15, 0.2) is 15.9 Å². The molecule has 0 aliphatic rings. The Balaban J connectivity index is 2.16. The van der Waals surface area contributed by atoms with E-state index < -0.39 is 0 Å². The quantitative estimate of drug-likeness (QED) is 0.842. The van der Waals surface area contributed by atoms with Crippen molar-refractivity contribution in [2.45, 2.75) is 33.2 Å². The molecule has 21 heavy (non-hydrogen) atoms. The van der Waals surface area contributed by atoms with Crippen molar-refractivity contribution in [2.75, 3.05) is 10.6 Å². The molecule has 2 heterocycles. The summed E-state index contributed by atoms with van der Waals surface area (Å²) in [6.07, 6.45) is 0.381. The van der Waals surface area contributed by atoms with Gasteiger partial charge in [-0.25, -0.2) is 0 Å². The minimum absolute atomic E-state index is 0.0518. The number of carbonyl (C=O) groups is 1. The molecule has 2 aromatic heterocycles. The zero-order valence-corrected chi connectivity index (χ0v) is 14.4. The Labute approximate surface area is 135 Å². The van der Waals surface area contributed by atoms with Crippen LogP contribution in [0.3, 0.4) is 0 Å². The van der Waals surface area contributed by atoms with Crippen molar-refractivity contribution in [1.29, 1.82) is 0 Å². The topological polar surface area (TPSA) is 79.8 Å². The van der Waals surface area contributed by atoms with Crippen LogP contribution in [0.1, 0.15) is 37.0 Å². The molecule has 2 aromatic rings.